The number of ether oxygens (including phenoxy) is 4. The molecule has 0 atom stereocenters. The quantitative estimate of drug-likeness (QED) is 0.228. The molecular weight excluding hydrogens is 464 g/mol. The van der Waals surface area contributed by atoms with Gasteiger partial charge < -0.3 is 18.9 Å². The molecule has 0 spiro atoms. The minimum absolute atomic E-state index is 0.0955. The van der Waals surface area contributed by atoms with Gasteiger partial charge in [-0.15, -0.1) is 0 Å². The maximum atomic E-state index is 12.4. The van der Waals surface area contributed by atoms with Gasteiger partial charge in [0, 0.05) is 0 Å². The summed E-state index contributed by atoms with van der Waals surface area (Å²) in [5, 5.41) is 0. The second-order valence-electron chi connectivity index (χ2n) is 7.18. The zero-order chi connectivity index (χ0) is 25.9. The van der Waals surface area contributed by atoms with Gasteiger partial charge >= 0.3 is 23.9 Å². The van der Waals surface area contributed by atoms with Crippen LogP contribution in [0.3, 0.4) is 0 Å². The van der Waals surface area contributed by atoms with Gasteiger partial charge in [0.25, 0.3) is 0 Å². The second-order valence-corrected chi connectivity index (χ2v) is 7.18. The Morgan fingerprint density at radius 2 is 0.778 bits per heavy atom. The summed E-state index contributed by atoms with van der Waals surface area (Å²) in [5.74, 6) is -1.85. The number of hydrogen-bond acceptors (Lipinski definition) is 8. The number of rotatable bonds is 10. The predicted octanol–water partition coefficient (Wildman–Crippen LogP) is 4.81. The van der Waals surface area contributed by atoms with E-state index in [2.05, 4.69) is 13.2 Å². The van der Waals surface area contributed by atoms with Crippen LogP contribution in [-0.4, -0.2) is 37.1 Å². The van der Waals surface area contributed by atoms with Crippen LogP contribution in [0, 0.1) is 0 Å². The largest absolute Gasteiger partial charge is 0.458 e. The highest BCUT2D eigenvalue weighted by atomic mass is 16.5. The number of esters is 4. The molecule has 8 heteroatoms. The Kier molecular flexibility index (Phi) is 8.88. The van der Waals surface area contributed by atoms with Crippen LogP contribution in [0.1, 0.15) is 41.4 Å². The average molecular weight is 486 g/mol. The summed E-state index contributed by atoms with van der Waals surface area (Å²) in [4.78, 5) is 48.4. The minimum atomic E-state index is -0.643. The van der Waals surface area contributed by atoms with Gasteiger partial charge in [-0.05, 0) is 72.8 Å². The molecule has 0 unspecified atom stereocenters. The van der Waals surface area contributed by atoms with Crippen molar-refractivity contribution in [2.24, 2.45) is 0 Å². The Bertz CT molecular complexity index is 1160. The Morgan fingerprint density at radius 1 is 0.500 bits per heavy atom. The maximum Gasteiger partial charge on any atom is 0.343 e. The Balaban J connectivity index is 1.56. The predicted molar refractivity (Wildman–Crippen MR) is 130 cm³/mol. The van der Waals surface area contributed by atoms with Gasteiger partial charge in [0.05, 0.1) is 22.3 Å². The summed E-state index contributed by atoms with van der Waals surface area (Å²) in [7, 11) is 0. The van der Waals surface area contributed by atoms with Gasteiger partial charge in [0.2, 0.25) is 0 Å². The molecule has 182 valence electrons. The number of carbonyl (C=O) groups is 4. The molecule has 8 nitrogen and oxygen atoms in total. The Morgan fingerprint density at radius 3 is 1.08 bits per heavy atom. The summed E-state index contributed by atoms with van der Waals surface area (Å²) in [6.07, 6.45) is 2.92. The molecule has 0 amide bonds. The molecule has 36 heavy (non-hydrogen) atoms. The van der Waals surface area contributed by atoms with E-state index in [9.17, 15) is 19.2 Å². The van der Waals surface area contributed by atoms with Gasteiger partial charge in [0.1, 0.15) is 24.7 Å². The molecular formula is C28H22O8. The molecule has 0 aliphatic heterocycles. The van der Waals surface area contributed by atoms with Crippen molar-refractivity contribution in [1.29, 1.82) is 0 Å². The molecule has 0 fully saturated rings. The fourth-order valence-corrected chi connectivity index (χ4v) is 2.83. The highest BCUT2D eigenvalue weighted by Gasteiger charge is 2.14. The van der Waals surface area contributed by atoms with Gasteiger partial charge in [-0.1, -0.05) is 25.3 Å². The van der Waals surface area contributed by atoms with Crippen LogP contribution in [-0.2, 0) is 9.47 Å². The summed E-state index contributed by atoms with van der Waals surface area (Å²) >= 11 is 0. The van der Waals surface area contributed by atoms with Crippen LogP contribution in [0.15, 0.2) is 98.1 Å². The van der Waals surface area contributed by atoms with E-state index >= 15 is 0 Å². The fraction of sp³-hybridized carbons (Fsp3) is 0.0714. The summed E-state index contributed by atoms with van der Waals surface area (Å²) in [6, 6.07) is 17.5. The van der Waals surface area contributed by atoms with Crippen LogP contribution in [0.2, 0.25) is 0 Å². The lowest BCUT2D eigenvalue weighted by atomic mass is 10.1. The molecule has 0 aliphatic rings. The van der Waals surface area contributed by atoms with Crippen molar-refractivity contribution in [1.82, 2.24) is 0 Å². The van der Waals surface area contributed by atoms with Crippen molar-refractivity contribution in [3.05, 3.63) is 120 Å². The van der Waals surface area contributed by atoms with Crippen LogP contribution in [0.5, 0.6) is 11.5 Å². The average Bonchev–Trinajstić information content (AvgIpc) is 2.91. The molecule has 3 aromatic rings. The number of benzene rings is 3. The molecule has 0 saturated heterocycles. The van der Waals surface area contributed by atoms with Crippen molar-refractivity contribution in [2.75, 3.05) is 13.2 Å². The molecule has 0 aromatic heterocycles. The summed E-state index contributed by atoms with van der Waals surface area (Å²) in [6.45, 7) is 7.14. The van der Waals surface area contributed by atoms with E-state index in [1.807, 2.05) is 0 Å². The first kappa shape index (κ1) is 25.6. The van der Waals surface area contributed by atoms with Crippen molar-refractivity contribution < 1.29 is 38.1 Å². The standard InChI is InChI=1S/C28H22O8/c1-3-17-33-25(29)19-9-13-23(14-10-19)35-27(31)21-5-7-22(8-6-21)28(32)36-24-15-11-20(12-16-24)26(30)34-18-4-2/h3-16H,1-2,17-18H2. The van der Waals surface area contributed by atoms with E-state index in [0.29, 0.717) is 11.1 Å². The fourth-order valence-electron chi connectivity index (χ4n) is 2.83. The van der Waals surface area contributed by atoms with E-state index in [-0.39, 0.29) is 35.8 Å². The third-order valence-corrected chi connectivity index (χ3v) is 4.62. The van der Waals surface area contributed by atoms with Crippen LogP contribution in [0.25, 0.3) is 0 Å². The second kappa shape index (κ2) is 12.5. The van der Waals surface area contributed by atoms with Gasteiger partial charge in [-0.2, -0.15) is 0 Å². The topological polar surface area (TPSA) is 105 Å². The molecule has 0 radical (unpaired) electrons. The first-order valence-corrected chi connectivity index (χ1v) is 10.7. The normalized spacial score (nSPS) is 10.0. The van der Waals surface area contributed by atoms with Crippen molar-refractivity contribution in [3.8, 4) is 11.5 Å². The van der Waals surface area contributed by atoms with E-state index in [1.54, 1.807) is 0 Å². The van der Waals surface area contributed by atoms with E-state index in [4.69, 9.17) is 18.9 Å². The van der Waals surface area contributed by atoms with Crippen LogP contribution >= 0.6 is 0 Å². The highest BCUT2D eigenvalue weighted by molar-refractivity contribution is 5.95. The van der Waals surface area contributed by atoms with Crippen molar-refractivity contribution in [2.45, 2.75) is 0 Å². The number of hydrogen-bond donors (Lipinski definition) is 0. The summed E-state index contributed by atoms with van der Waals surface area (Å²) < 4.78 is 20.5. The third-order valence-electron chi connectivity index (χ3n) is 4.62. The highest BCUT2D eigenvalue weighted by Crippen LogP contribution is 2.18. The smallest absolute Gasteiger partial charge is 0.343 e. The zero-order valence-corrected chi connectivity index (χ0v) is 19.2. The van der Waals surface area contributed by atoms with Gasteiger partial charge in [-0.3, -0.25) is 0 Å². The Hall–Kier alpha value is -4.98. The lowest BCUT2D eigenvalue weighted by Gasteiger charge is -2.08. The monoisotopic (exact) mass is 486 g/mol. The van der Waals surface area contributed by atoms with Crippen molar-refractivity contribution in [3.63, 3.8) is 0 Å². The lowest BCUT2D eigenvalue weighted by molar-refractivity contribution is 0.0540. The SMILES string of the molecule is C=CCOC(=O)c1ccc(OC(=O)c2ccc(C(=O)Oc3ccc(C(=O)OCC=C)cc3)cc2)cc1. The van der Waals surface area contributed by atoms with Gasteiger partial charge in [-0.25, -0.2) is 19.2 Å². The maximum absolute atomic E-state index is 12.4. The Labute approximate surface area is 207 Å². The lowest BCUT2D eigenvalue weighted by Crippen LogP contribution is -2.11. The van der Waals surface area contributed by atoms with E-state index < -0.39 is 23.9 Å². The molecule has 0 bridgehead atoms. The van der Waals surface area contributed by atoms with Gasteiger partial charge in [0.15, 0.2) is 0 Å². The first-order valence-electron chi connectivity index (χ1n) is 10.7. The number of carbonyl (C=O) groups excluding carboxylic acids is 4. The van der Waals surface area contributed by atoms with Crippen LogP contribution < -0.4 is 9.47 Å². The van der Waals surface area contributed by atoms with Crippen LogP contribution in [0.4, 0.5) is 0 Å². The van der Waals surface area contributed by atoms with E-state index in [1.165, 1.54) is 84.9 Å². The molecule has 0 heterocycles. The molecule has 0 aliphatic carbocycles. The molecule has 0 N–H and O–H groups in total. The first-order chi connectivity index (χ1) is 17.4. The molecule has 3 rings (SSSR count). The molecule has 0 saturated carbocycles. The minimum Gasteiger partial charge on any atom is -0.458 e. The van der Waals surface area contributed by atoms with Crippen molar-refractivity contribution >= 4 is 23.9 Å². The molecule has 3 aromatic carbocycles. The summed E-state index contributed by atoms with van der Waals surface area (Å²) in [5.41, 5.74) is 1.04. The van der Waals surface area contributed by atoms with E-state index in [0.717, 1.165) is 0 Å². The zero-order valence-electron chi connectivity index (χ0n) is 19.2. The third kappa shape index (κ3) is 7.01.